The Hall–Kier alpha value is -1.75. The summed E-state index contributed by atoms with van der Waals surface area (Å²) in [6.07, 6.45) is 0. The van der Waals surface area contributed by atoms with Crippen molar-refractivity contribution in [2.75, 3.05) is 5.73 Å². The molecule has 0 aromatic heterocycles. The number of nitrogens with one attached hydrogen (secondary N) is 2. The van der Waals surface area contributed by atoms with Gasteiger partial charge in [-0.25, -0.2) is 0 Å². The lowest BCUT2D eigenvalue weighted by Crippen LogP contribution is -2.46. The predicted molar refractivity (Wildman–Crippen MR) is 76.1 cm³/mol. The minimum atomic E-state index is -0.646. The Morgan fingerprint density at radius 1 is 1.21 bits per heavy atom. The van der Waals surface area contributed by atoms with E-state index in [0.29, 0.717) is 10.7 Å². The van der Waals surface area contributed by atoms with Gasteiger partial charge in [-0.2, -0.15) is 0 Å². The molecule has 0 spiro atoms. The maximum Gasteiger partial charge on any atom is 0.253 e. The summed E-state index contributed by atoms with van der Waals surface area (Å²) >= 11 is 5.92. The fourth-order valence-electron chi connectivity index (χ4n) is 1.47. The number of anilines is 1. The number of amides is 2. The number of benzene rings is 1. The number of rotatable bonds is 4. The number of carbonyl (C=O) groups is 2. The largest absolute Gasteiger partial charge is 0.399 e. The average molecular weight is 284 g/mol. The number of nitrogens with two attached hydrogens (primary N) is 1. The minimum absolute atomic E-state index is 0.0165. The molecule has 1 atom stereocenters. The third-order valence-electron chi connectivity index (χ3n) is 2.41. The van der Waals surface area contributed by atoms with Crippen molar-refractivity contribution in [1.82, 2.24) is 10.6 Å². The van der Waals surface area contributed by atoms with Gasteiger partial charge in [0.05, 0.1) is 10.6 Å². The molecule has 1 unspecified atom stereocenters. The van der Waals surface area contributed by atoms with Crippen LogP contribution in [0.3, 0.4) is 0 Å². The van der Waals surface area contributed by atoms with Crippen LogP contribution in [0, 0.1) is 0 Å². The van der Waals surface area contributed by atoms with Crippen molar-refractivity contribution in [3.05, 3.63) is 28.8 Å². The van der Waals surface area contributed by atoms with Gasteiger partial charge in [0.1, 0.15) is 6.04 Å². The van der Waals surface area contributed by atoms with Gasteiger partial charge < -0.3 is 16.4 Å². The Kier molecular flexibility index (Phi) is 5.18. The Labute approximate surface area is 117 Å². The number of hydrogen-bond donors (Lipinski definition) is 3. The zero-order valence-electron chi connectivity index (χ0n) is 11.2. The smallest absolute Gasteiger partial charge is 0.253 e. The minimum Gasteiger partial charge on any atom is -0.399 e. The van der Waals surface area contributed by atoms with Crippen LogP contribution >= 0.6 is 11.6 Å². The van der Waals surface area contributed by atoms with Gasteiger partial charge in [-0.15, -0.1) is 0 Å². The van der Waals surface area contributed by atoms with Crippen LogP contribution in [0.15, 0.2) is 18.2 Å². The predicted octanol–water partition coefficient (Wildman–Crippen LogP) is 1.57. The SMILES string of the molecule is CC(C)NC(=O)C(C)NC(=O)c1cc(N)ccc1Cl. The molecule has 0 aliphatic heterocycles. The van der Waals surface area contributed by atoms with Gasteiger partial charge in [0.25, 0.3) is 5.91 Å². The van der Waals surface area contributed by atoms with E-state index in [1.807, 2.05) is 13.8 Å². The third-order valence-corrected chi connectivity index (χ3v) is 2.74. The molecule has 104 valence electrons. The maximum atomic E-state index is 12.0. The summed E-state index contributed by atoms with van der Waals surface area (Å²) in [4.78, 5) is 23.7. The lowest BCUT2D eigenvalue weighted by atomic mass is 10.1. The Morgan fingerprint density at radius 2 is 1.84 bits per heavy atom. The van der Waals surface area contributed by atoms with Crippen LogP contribution in [0.4, 0.5) is 5.69 Å². The zero-order valence-corrected chi connectivity index (χ0v) is 11.9. The van der Waals surface area contributed by atoms with Gasteiger partial charge in [-0.1, -0.05) is 11.6 Å². The lowest BCUT2D eigenvalue weighted by molar-refractivity contribution is -0.123. The molecule has 4 N–H and O–H groups in total. The van der Waals surface area contributed by atoms with E-state index in [1.165, 1.54) is 6.07 Å². The first kappa shape index (κ1) is 15.3. The second kappa shape index (κ2) is 6.43. The highest BCUT2D eigenvalue weighted by atomic mass is 35.5. The fourth-order valence-corrected chi connectivity index (χ4v) is 1.67. The van der Waals surface area contributed by atoms with Crippen molar-refractivity contribution in [2.45, 2.75) is 32.9 Å². The molecule has 0 saturated carbocycles. The van der Waals surface area contributed by atoms with E-state index in [1.54, 1.807) is 19.1 Å². The Balaban J connectivity index is 2.74. The highest BCUT2D eigenvalue weighted by molar-refractivity contribution is 6.34. The standard InChI is InChI=1S/C13H18ClN3O2/c1-7(2)16-12(18)8(3)17-13(19)10-6-9(15)4-5-11(10)14/h4-8H,15H2,1-3H3,(H,16,18)(H,17,19). The normalized spacial score (nSPS) is 12.1. The molecule has 2 amide bonds. The summed E-state index contributed by atoms with van der Waals surface area (Å²) in [5.41, 5.74) is 6.30. The molecule has 1 aromatic carbocycles. The highest BCUT2D eigenvalue weighted by Gasteiger charge is 2.18. The molecule has 0 fully saturated rings. The fraction of sp³-hybridized carbons (Fsp3) is 0.385. The topological polar surface area (TPSA) is 84.2 Å². The second-order valence-electron chi connectivity index (χ2n) is 4.60. The maximum absolute atomic E-state index is 12.0. The van der Waals surface area contributed by atoms with Gasteiger partial charge in [0.2, 0.25) is 5.91 Å². The summed E-state index contributed by atoms with van der Waals surface area (Å²) in [6.45, 7) is 5.30. The van der Waals surface area contributed by atoms with Crippen molar-refractivity contribution in [3.63, 3.8) is 0 Å². The Bertz CT molecular complexity index is 489. The van der Waals surface area contributed by atoms with Crippen LogP contribution in [0.25, 0.3) is 0 Å². The second-order valence-corrected chi connectivity index (χ2v) is 5.00. The molecule has 0 radical (unpaired) electrons. The third kappa shape index (κ3) is 4.44. The molecule has 0 bridgehead atoms. The first-order valence-electron chi connectivity index (χ1n) is 5.97. The van der Waals surface area contributed by atoms with Crippen LogP contribution in [-0.4, -0.2) is 23.9 Å². The molecule has 0 heterocycles. The quantitative estimate of drug-likeness (QED) is 0.733. The van der Waals surface area contributed by atoms with Gasteiger partial charge in [-0.3, -0.25) is 9.59 Å². The van der Waals surface area contributed by atoms with Crippen molar-refractivity contribution >= 4 is 29.1 Å². The summed E-state index contributed by atoms with van der Waals surface area (Å²) in [5, 5.41) is 5.59. The van der Waals surface area contributed by atoms with Crippen LogP contribution < -0.4 is 16.4 Å². The summed E-state index contributed by atoms with van der Waals surface area (Å²) in [5.74, 6) is -0.674. The number of hydrogen-bond acceptors (Lipinski definition) is 3. The van der Waals surface area contributed by atoms with Crippen molar-refractivity contribution < 1.29 is 9.59 Å². The van der Waals surface area contributed by atoms with E-state index in [-0.39, 0.29) is 17.5 Å². The van der Waals surface area contributed by atoms with Gasteiger partial charge in [0, 0.05) is 11.7 Å². The number of nitrogen functional groups attached to an aromatic ring is 1. The van der Waals surface area contributed by atoms with Crippen LogP contribution in [0.5, 0.6) is 0 Å². The van der Waals surface area contributed by atoms with Gasteiger partial charge >= 0.3 is 0 Å². The summed E-state index contributed by atoms with van der Waals surface area (Å²) in [6, 6.07) is 4.00. The molecule has 19 heavy (non-hydrogen) atoms. The van der Waals surface area contributed by atoms with E-state index in [9.17, 15) is 9.59 Å². The summed E-state index contributed by atoms with van der Waals surface area (Å²) < 4.78 is 0. The molecule has 5 nitrogen and oxygen atoms in total. The van der Waals surface area contributed by atoms with E-state index < -0.39 is 11.9 Å². The van der Waals surface area contributed by atoms with Crippen molar-refractivity contribution in [3.8, 4) is 0 Å². The molecular formula is C13H18ClN3O2. The highest BCUT2D eigenvalue weighted by Crippen LogP contribution is 2.18. The van der Waals surface area contributed by atoms with Crippen molar-refractivity contribution in [2.24, 2.45) is 0 Å². The average Bonchev–Trinajstić information content (AvgIpc) is 2.31. The first-order valence-corrected chi connectivity index (χ1v) is 6.35. The summed E-state index contributed by atoms with van der Waals surface area (Å²) in [7, 11) is 0. The molecule has 0 aliphatic carbocycles. The van der Waals surface area contributed by atoms with Gasteiger partial charge in [0.15, 0.2) is 0 Å². The first-order chi connectivity index (χ1) is 8.81. The van der Waals surface area contributed by atoms with Crippen LogP contribution in [0.2, 0.25) is 5.02 Å². The monoisotopic (exact) mass is 283 g/mol. The van der Waals surface area contributed by atoms with Crippen LogP contribution in [-0.2, 0) is 4.79 Å². The molecule has 1 aromatic rings. The zero-order chi connectivity index (χ0) is 14.6. The molecule has 1 rings (SSSR count). The van der Waals surface area contributed by atoms with E-state index in [2.05, 4.69) is 10.6 Å². The van der Waals surface area contributed by atoms with Crippen LogP contribution in [0.1, 0.15) is 31.1 Å². The molecule has 0 saturated heterocycles. The van der Waals surface area contributed by atoms with E-state index in [4.69, 9.17) is 17.3 Å². The molecular weight excluding hydrogens is 266 g/mol. The van der Waals surface area contributed by atoms with Crippen molar-refractivity contribution in [1.29, 1.82) is 0 Å². The van der Waals surface area contributed by atoms with E-state index >= 15 is 0 Å². The molecule has 6 heteroatoms. The van der Waals surface area contributed by atoms with E-state index in [0.717, 1.165) is 0 Å². The number of halogens is 1. The van der Waals surface area contributed by atoms with Gasteiger partial charge in [-0.05, 0) is 39.0 Å². The lowest BCUT2D eigenvalue weighted by Gasteiger charge is -2.16. The molecule has 0 aliphatic rings. The number of carbonyl (C=O) groups excluding carboxylic acids is 2. The Morgan fingerprint density at radius 3 is 2.42 bits per heavy atom.